The van der Waals surface area contributed by atoms with E-state index in [0.29, 0.717) is 25.2 Å². The van der Waals surface area contributed by atoms with Gasteiger partial charge in [0.2, 0.25) is 17.7 Å². The number of β-amino-alcohol motifs (C(OH)–C–C–N with tert-alkyl or cyclic N) is 1. The molecule has 8 heteroatoms. The fourth-order valence-corrected chi connectivity index (χ4v) is 7.14. The van der Waals surface area contributed by atoms with Crippen LogP contribution in [0.5, 0.6) is 0 Å². The Kier molecular flexibility index (Phi) is 8.66. The molecule has 0 aliphatic carbocycles. The van der Waals surface area contributed by atoms with Gasteiger partial charge in [-0.1, -0.05) is 57.0 Å². The average molecular weight is 538 g/mol. The largest absolute Gasteiger partial charge is 0.395 e. The monoisotopic (exact) mass is 537 g/mol. The van der Waals surface area contributed by atoms with E-state index in [1.807, 2.05) is 44.2 Å². The number of carbonyl (C=O) groups excluding carboxylic acids is 3. The van der Waals surface area contributed by atoms with Gasteiger partial charge in [0.15, 0.2) is 0 Å². The molecule has 6 atom stereocenters. The van der Waals surface area contributed by atoms with E-state index in [4.69, 9.17) is 4.74 Å². The summed E-state index contributed by atoms with van der Waals surface area (Å²) >= 11 is 0. The van der Waals surface area contributed by atoms with Crippen molar-refractivity contribution in [3.8, 4) is 0 Å². The molecule has 0 aromatic heterocycles. The molecule has 3 heterocycles. The second-order valence-electron chi connectivity index (χ2n) is 11.3. The van der Waals surface area contributed by atoms with Gasteiger partial charge in [-0.2, -0.15) is 0 Å². The molecule has 3 aliphatic heterocycles. The first kappa shape index (κ1) is 29.0. The molecule has 4 rings (SSSR count). The van der Waals surface area contributed by atoms with Crippen LogP contribution in [0.25, 0.3) is 0 Å². The first-order chi connectivity index (χ1) is 18.7. The van der Waals surface area contributed by atoms with E-state index >= 15 is 0 Å². The topological polar surface area (TPSA) is 90.4 Å². The highest BCUT2D eigenvalue weighted by Gasteiger charge is 2.80. The zero-order valence-electron chi connectivity index (χ0n) is 23.6. The molecule has 3 saturated heterocycles. The molecule has 3 fully saturated rings. The highest BCUT2D eigenvalue weighted by Crippen LogP contribution is 2.65. The van der Waals surface area contributed by atoms with Crippen molar-refractivity contribution in [1.82, 2.24) is 9.80 Å². The number of benzene rings is 1. The Hall–Kier alpha value is -2.97. The quantitative estimate of drug-likeness (QED) is 0.308. The number of hydrogen-bond donors (Lipinski definition) is 1. The van der Waals surface area contributed by atoms with Gasteiger partial charge < -0.3 is 24.5 Å². The van der Waals surface area contributed by atoms with Gasteiger partial charge in [0.05, 0.1) is 24.0 Å². The number of hydrogen-bond acceptors (Lipinski definition) is 5. The minimum Gasteiger partial charge on any atom is -0.395 e. The first-order valence-corrected chi connectivity index (χ1v) is 14.2. The van der Waals surface area contributed by atoms with Gasteiger partial charge >= 0.3 is 0 Å². The maximum Gasteiger partial charge on any atom is 0.248 e. The third-order valence-corrected chi connectivity index (χ3v) is 8.99. The number of unbranched alkanes of at least 4 members (excludes halogenated alkanes) is 2. The van der Waals surface area contributed by atoms with Crippen LogP contribution in [0.15, 0.2) is 55.6 Å². The summed E-state index contributed by atoms with van der Waals surface area (Å²) in [5.74, 6) is -2.36. The molecule has 0 radical (unpaired) electrons. The third-order valence-electron chi connectivity index (χ3n) is 8.99. The van der Waals surface area contributed by atoms with E-state index in [1.165, 1.54) is 4.90 Å². The number of aliphatic hydroxyl groups is 1. The Morgan fingerprint density at radius 2 is 1.85 bits per heavy atom. The summed E-state index contributed by atoms with van der Waals surface area (Å²) in [6, 6.07) is 8.44. The minimum atomic E-state index is -1.14. The number of likely N-dealkylation sites (tertiary alicyclic amines) is 1. The molecular formula is C31H43N3O5. The number of para-hydroxylation sites is 1. The maximum absolute atomic E-state index is 14.4. The fourth-order valence-electron chi connectivity index (χ4n) is 7.14. The van der Waals surface area contributed by atoms with E-state index in [2.05, 4.69) is 20.1 Å². The van der Waals surface area contributed by atoms with E-state index in [1.54, 1.807) is 22.0 Å². The summed E-state index contributed by atoms with van der Waals surface area (Å²) < 4.78 is 6.83. The van der Waals surface area contributed by atoms with Crippen LogP contribution in [0, 0.1) is 17.8 Å². The Morgan fingerprint density at radius 1 is 1.15 bits per heavy atom. The Morgan fingerprint density at radius 3 is 2.46 bits per heavy atom. The number of ether oxygens (including phenoxy) is 1. The van der Waals surface area contributed by atoms with Crippen molar-refractivity contribution in [1.29, 1.82) is 0 Å². The first-order valence-electron chi connectivity index (χ1n) is 14.2. The molecule has 2 bridgehead atoms. The van der Waals surface area contributed by atoms with Crippen molar-refractivity contribution in [2.24, 2.45) is 17.8 Å². The molecule has 1 aromatic carbocycles. The molecule has 39 heavy (non-hydrogen) atoms. The molecule has 1 spiro atoms. The molecule has 1 N–H and O–H groups in total. The number of rotatable bonds is 13. The highest BCUT2D eigenvalue weighted by atomic mass is 16.5. The van der Waals surface area contributed by atoms with E-state index in [0.717, 1.165) is 19.3 Å². The van der Waals surface area contributed by atoms with Crippen molar-refractivity contribution in [3.05, 3.63) is 55.6 Å². The lowest BCUT2D eigenvalue weighted by Crippen LogP contribution is -2.57. The minimum absolute atomic E-state index is 0.00873. The molecular weight excluding hydrogens is 494 g/mol. The van der Waals surface area contributed by atoms with Gasteiger partial charge in [-0.3, -0.25) is 14.4 Å². The predicted octanol–water partition coefficient (Wildman–Crippen LogP) is 3.41. The normalized spacial score (nSPS) is 30.8. The van der Waals surface area contributed by atoms with Crippen molar-refractivity contribution >= 4 is 23.4 Å². The summed E-state index contributed by atoms with van der Waals surface area (Å²) in [5.41, 5.74) is -1.34. The molecule has 8 nitrogen and oxygen atoms in total. The standard InChI is InChI=1S/C31H43N3O5/c1-6-9-13-18-32(16-7-2)29(38)26-31-21-22(4)30(5,39-31)24(25(31)28(37)34(26)19-20-35)27(36)33(17-8-3)23-14-11-10-12-15-23/h7-8,10-12,14-15,22,24-26,35H,2-3,6,9,13,16-21H2,1,4-5H3/t22?,24-,25+,26?,30+,31?/m1/s1. The molecule has 212 valence electrons. The lowest BCUT2D eigenvalue weighted by atomic mass is 9.62. The van der Waals surface area contributed by atoms with Crippen molar-refractivity contribution in [2.45, 2.75) is 63.7 Å². The Bertz CT molecular complexity index is 1090. The van der Waals surface area contributed by atoms with Crippen LogP contribution in [-0.2, 0) is 19.1 Å². The van der Waals surface area contributed by atoms with Gasteiger partial charge in [0.1, 0.15) is 11.6 Å². The van der Waals surface area contributed by atoms with Crippen LogP contribution in [0.1, 0.15) is 46.5 Å². The lowest BCUT2D eigenvalue weighted by molar-refractivity contribution is -0.152. The maximum atomic E-state index is 14.4. The zero-order chi connectivity index (χ0) is 28.4. The van der Waals surface area contributed by atoms with Gasteiger partial charge in [-0.05, 0) is 37.8 Å². The number of nitrogens with zero attached hydrogens (tertiary/aromatic N) is 3. The number of anilines is 1. The molecule has 1 aromatic rings. The zero-order valence-corrected chi connectivity index (χ0v) is 23.6. The van der Waals surface area contributed by atoms with Gasteiger partial charge in [0.25, 0.3) is 0 Å². The second kappa shape index (κ2) is 11.6. The van der Waals surface area contributed by atoms with Crippen molar-refractivity contribution < 1.29 is 24.2 Å². The Labute approximate surface area is 232 Å². The number of amides is 3. The number of fused-ring (bicyclic) bond motifs is 1. The summed E-state index contributed by atoms with van der Waals surface area (Å²) in [4.78, 5) is 47.7. The van der Waals surface area contributed by atoms with Gasteiger partial charge in [-0.15, -0.1) is 13.2 Å². The van der Waals surface area contributed by atoms with Crippen LogP contribution < -0.4 is 4.90 Å². The fraction of sp³-hybridized carbons (Fsp3) is 0.581. The van der Waals surface area contributed by atoms with Crippen molar-refractivity contribution in [3.63, 3.8) is 0 Å². The number of carbonyl (C=O) groups is 3. The van der Waals surface area contributed by atoms with Gasteiger partial charge in [-0.25, -0.2) is 0 Å². The SMILES string of the molecule is C=CCN(CCCCC)C(=O)C1N(CCO)C(=O)[C@@H]2[C@H](C(=O)N(CC=C)c3ccccc3)[C@@]3(C)OC12CC3C. The summed E-state index contributed by atoms with van der Waals surface area (Å²) in [7, 11) is 0. The number of aliphatic hydroxyl groups excluding tert-OH is 1. The predicted molar refractivity (Wildman–Crippen MR) is 151 cm³/mol. The van der Waals surface area contributed by atoms with Crippen LogP contribution >= 0.6 is 0 Å². The summed E-state index contributed by atoms with van der Waals surface area (Å²) in [6.45, 7) is 14.7. The van der Waals surface area contributed by atoms with Crippen molar-refractivity contribution in [2.75, 3.05) is 37.7 Å². The van der Waals surface area contributed by atoms with Crippen LogP contribution in [0.2, 0.25) is 0 Å². The summed E-state index contributed by atoms with van der Waals surface area (Å²) in [6.07, 6.45) is 6.71. The van der Waals surface area contributed by atoms with Gasteiger partial charge in [0, 0.05) is 31.9 Å². The molecule has 0 saturated carbocycles. The van der Waals surface area contributed by atoms with Crippen LogP contribution in [0.4, 0.5) is 5.69 Å². The third kappa shape index (κ3) is 4.72. The second-order valence-corrected chi connectivity index (χ2v) is 11.3. The smallest absolute Gasteiger partial charge is 0.248 e. The molecule has 3 amide bonds. The van der Waals surface area contributed by atoms with Crippen LogP contribution in [0.3, 0.4) is 0 Å². The highest BCUT2D eigenvalue weighted by molar-refractivity contribution is 6.03. The van der Waals surface area contributed by atoms with E-state index in [9.17, 15) is 19.5 Å². The van der Waals surface area contributed by atoms with E-state index in [-0.39, 0.29) is 43.3 Å². The lowest BCUT2D eigenvalue weighted by Gasteiger charge is -2.39. The van der Waals surface area contributed by atoms with Crippen LogP contribution in [-0.4, -0.2) is 82.7 Å². The summed E-state index contributed by atoms with van der Waals surface area (Å²) in [5, 5.41) is 9.91. The molecule has 3 aliphatic rings. The van der Waals surface area contributed by atoms with E-state index < -0.39 is 29.1 Å². The average Bonchev–Trinajstić information content (AvgIpc) is 3.43. The molecule has 3 unspecified atom stereocenters. The Balaban J connectivity index is 1.78.